The Kier molecular flexibility index (Phi) is 40.3. The monoisotopic (exact) mass is 1100 g/mol. The molecule has 400 valence electrons. The minimum atomic E-state index is -0.772. The van der Waals surface area contributed by atoms with Gasteiger partial charge in [0.2, 0.25) is 47.3 Å². The van der Waals surface area contributed by atoms with Gasteiger partial charge in [-0.25, -0.2) is 0 Å². The summed E-state index contributed by atoms with van der Waals surface area (Å²) in [5, 5.41) is 26.1. The molecule has 0 spiro atoms. The summed E-state index contributed by atoms with van der Waals surface area (Å²) in [6.45, 7) is 9.84. The number of hydrogen-bond donors (Lipinski definition) is 9. The lowest BCUT2D eigenvalue weighted by Gasteiger charge is -2.19. The molecule has 0 bridgehead atoms. The lowest BCUT2D eigenvalue weighted by molar-refractivity contribution is -0.129. The van der Waals surface area contributed by atoms with Crippen LogP contribution in [0.5, 0.6) is 5.75 Å². The van der Waals surface area contributed by atoms with Crippen LogP contribution in [0.15, 0.2) is 18.2 Å². The number of nitrogens with one attached hydrogen (secondary N) is 6. The first-order valence-electron chi connectivity index (χ1n) is 24.4. The number of ether oxygens (including phenoxy) is 4. The number of aryl methyl sites for hydroxylation is 1. The lowest BCUT2D eigenvalue weighted by atomic mass is 10.0. The first-order chi connectivity index (χ1) is 33.5. The Morgan fingerprint density at radius 3 is 1.66 bits per heavy atom. The maximum atomic E-state index is 13.0. The Labute approximate surface area is 428 Å². The van der Waals surface area contributed by atoms with E-state index in [2.05, 4.69) is 31.9 Å². The van der Waals surface area contributed by atoms with Crippen LogP contribution in [0.4, 0.5) is 0 Å². The molecule has 0 unspecified atom stereocenters. The maximum Gasteiger partial charge on any atom is 0.245 e. The summed E-state index contributed by atoms with van der Waals surface area (Å²) in [6.07, 6.45) is 8.37. The summed E-state index contributed by atoms with van der Waals surface area (Å²) in [5.74, 6) is -2.08. The first kappa shape index (κ1) is 65.3. The van der Waals surface area contributed by atoms with E-state index in [9.17, 15) is 43.5 Å². The summed E-state index contributed by atoms with van der Waals surface area (Å²) in [6, 6.07) is 4.47. The van der Waals surface area contributed by atoms with Crippen molar-refractivity contribution in [3.8, 4) is 5.75 Å². The van der Waals surface area contributed by atoms with E-state index in [-0.39, 0.29) is 111 Å². The normalized spacial score (nSPS) is 12.0. The molecular weight excluding hydrogens is 1020 g/mol. The average Bonchev–Trinajstić information content (AvgIpc) is 3.32. The maximum absolute atomic E-state index is 13.0. The van der Waals surface area contributed by atoms with Crippen molar-refractivity contribution >= 4 is 69.8 Å². The number of hydrogen-bond acceptors (Lipinski definition) is 13. The molecule has 0 aliphatic heterocycles. The summed E-state index contributed by atoms with van der Waals surface area (Å²) < 4.78 is 21.6. The van der Waals surface area contributed by atoms with Gasteiger partial charge in [-0.05, 0) is 104 Å². The van der Waals surface area contributed by atoms with Crippen molar-refractivity contribution in [1.82, 2.24) is 31.9 Å². The fourth-order valence-electron chi connectivity index (χ4n) is 6.08. The van der Waals surface area contributed by atoms with E-state index < -0.39 is 6.04 Å². The zero-order chi connectivity index (χ0) is 52.4. The van der Waals surface area contributed by atoms with E-state index in [0.29, 0.717) is 90.8 Å². The van der Waals surface area contributed by atoms with Crippen LogP contribution in [-0.4, -0.2) is 144 Å². The topological polar surface area (TPSA) is 318 Å². The molecule has 1 aromatic rings. The van der Waals surface area contributed by atoms with Crippen LogP contribution >= 0.6 is 22.6 Å². The van der Waals surface area contributed by atoms with Crippen molar-refractivity contribution in [2.45, 2.75) is 123 Å². The first-order valence-corrected chi connectivity index (χ1v) is 25.5. The number of halogens is 1. The Morgan fingerprint density at radius 2 is 1.09 bits per heavy atom. The van der Waals surface area contributed by atoms with Gasteiger partial charge in [-0.15, -0.1) is 0 Å². The Balaban J connectivity index is 0.00000199. The molecule has 0 aliphatic carbocycles. The summed E-state index contributed by atoms with van der Waals surface area (Å²) in [5.41, 5.74) is 11.4. The van der Waals surface area contributed by atoms with Gasteiger partial charge in [0, 0.05) is 70.9 Å². The standard InChI is InChI=1S/C34H55IN6O9.C14H28N2O4/c1-24(33(36)47)8-3-5-17-40-34(48)27(9-4-6-16-38-30(44)15-13-25-12-14-28(42)26(35)22-25)41-31(45)11-7-10-29(43)39-18-19-49-20-21-50-23-32(46)37-2;1-3-8-19-9-10-20-11-13(17)16-7-5-4-6-12(2)14(15)18/h12,14,22,24,27,42H,3-11,13,15-21,23H2,1-2H3,(H2,36,47)(H,37,46)(H,38,44)(H,39,43)(H,40,48)(H,41,45);12H,3-11H2,1-2H3,(H2,15,18)(H,16,17)/t24-,27-;12-/m00/s1/i35-2;. The number of primary amides is 2. The van der Waals surface area contributed by atoms with Gasteiger partial charge in [-0.3, -0.25) is 38.4 Å². The molecule has 1 rings (SSSR count). The number of amides is 8. The van der Waals surface area contributed by atoms with Crippen molar-refractivity contribution in [3.63, 3.8) is 0 Å². The van der Waals surface area contributed by atoms with Crippen molar-refractivity contribution in [2.24, 2.45) is 23.3 Å². The third-order valence-electron chi connectivity index (χ3n) is 10.5. The van der Waals surface area contributed by atoms with Crippen LogP contribution in [0.25, 0.3) is 0 Å². The minimum absolute atomic E-state index is 0.0431. The highest BCUT2D eigenvalue weighted by Gasteiger charge is 2.21. The Morgan fingerprint density at radius 1 is 0.586 bits per heavy atom. The van der Waals surface area contributed by atoms with Crippen molar-refractivity contribution in [3.05, 3.63) is 27.3 Å². The number of aromatic hydroxyl groups is 1. The molecule has 0 fully saturated rings. The highest BCUT2D eigenvalue weighted by atomic mass is 125. The van der Waals surface area contributed by atoms with Gasteiger partial charge >= 0.3 is 0 Å². The van der Waals surface area contributed by atoms with E-state index in [1.54, 1.807) is 19.1 Å². The molecule has 0 aliphatic rings. The van der Waals surface area contributed by atoms with E-state index in [1.165, 1.54) is 7.05 Å². The number of rotatable bonds is 41. The zero-order valence-electron chi connectivity index (χ0n) is 41.9. The number of carbonyl (C=O) groups is 8. The number of phenols is 1. The molecule has 0 saturated carbocycles. The molecule has 21 nitrogen and oxygen atoms in total. The molecule has 8 amide bonds. The van der Waals surface area contributed by atoms with Crippen LogP contribution in [0.1, 0.15) is 116 Å². The largest absolute Gasteiger partial charge is 0.507 e. The van der Waals surface area contributed by atoms with Crippen molar-refractivity contribution in [2.75, 3.05) is 86.1 Å². The van der Waals surface area contributed by atoms with Gasteiger partial charge in [0.15, 0.2) is 0 Å². The number of nitrogens with two attached hydrogens (primary N) is 2. The molecule has 0 saturated heterocycles. The fourth-order valence-corrected chi connectivity index (χ4v) is 6.66. The van der Waals surface area contributed by atoms with Crippen LogP contribution in [0.3, 0.4) is 0 Å². The predicted molar refractivity (Wildman–Crippen MR) is 273 cm³/mol. The van der Waals surface area contributed by atoms with E-state index in [1.807, 2.05) is 42.5 Å². The molecule has 0 aromatic heterocycles. The van der Waals surface area contributed by atoms with Crippen LogP contribution in [-0.2, 0) is 63.7 Å². The summed E-state index contributed by atoms with van der Waals surface area (Å²) in [4.78, 5) is 94.7. The second-order valence-corrected chi connectivity index (χ2v) is 17.9. The summed E-state index contributed by atoms with van der Waals surface area (Å²) >= 11 is 2.04. The highest BCUT2D eigenvalue weighted by Crippen LogP contribution is 2.21. The Bertz CT molecular complexity index is 1680. The Hall–Kier alpha value is -4.65. The minimum Gasteiger partial charge on any atom is -0.507 e. The number of likely N-dealkylation sites (N-methyl/N-ethyl adjacent to an activating group) is 1. The molecular formula is C48H83IN8O13. The number of phenolic OH excluding ortho intramolecular Hbond substituents is 1. The number of unbranched alkanes of at least 4 members (excludes halogenated alkanes) is 3. The number of carbonyl (C=O) groups excluding carboxylic acids is 8. The third-order valence-corrected chi connectivity index (χ3v) is 11.3. The SMILES string of the molecule is CCCOCCOCC(=O)NCCCC[C@H](C)C(N)=O.CNC(=O)COCCOCCNC(=O)CCCC(=O)N[C@@H](CCCCNC(=O)CCc1ccc(O)c([125I])c1)C(=O)NCCCC[C@H](C)C(N)=O. The molecule has 0 radical (unpaired) electrons. The highest BCUT2D eigenvalue weighted by molar-refractivity contribution is 14.1. The molecule has 3 atom stereocenters. The van der Waals surface area contributed by atoms with Gasteiger partial charge in [-0.1, -0.05) is 39.7 Å². The van der Waals surface area contributed by atoms with Gasteiger partial charge in [-0.2, -0.15) is 0 Å². The van der Waals surface area contributed by atoms with Gasteiger partial charge in [0.25, 0.3) is 0 Å². The lowest BCUT2D eigenvalue weighted by Crippen LogP contribution is -2.47. The zero-order valence-corrected chi connectivity index (χ0v) is 44.1. The van der Waals surface area contributed by atoms with Crippen LogP contribution in [0, 0.1) is 15.4 Å². The van der Waals surface area contributed by atoms with Crippen LogP contribution < -0.4 is 43.4 Å². The van der Waals surface area contributed by atoms with Crippen molar-refractivity contribution in [1.29, 1.82) is 0 Å². The van der Waals surface area contributed by atoms with E-state index in [4.69, 9.17) is 30.4 Å². The quantitative estimate of drug-likeness (QED) is 0.0335. The summed E-state index contributed by atoms with van der Waals surface area (Å²) in [7, 11) is 1.52. The van der Waals surface area contributed by atoms with E-state index >= 15 is 0 Å². The third kappa shape index (κ3) is 38.1. The molecule has 11 N–H and O–H groups in total. The van der Waals surface area contributed by atoms with Crippen molar-refractivity contribution < 1.29 is 62.4 Å². The van der Waals surface area contributed by atoms with Gasteiger partial charge in [0.05, 0.1) is 36.6 Å². The smallest absolute Gasteiger partial charge is 0.245 e. The molecule has 70 heavy (non-hydrogen) atoms. The predicted octanol–water partition coefficient (Wildman–Crippen LogP) is 2.01. The molecule has 22 heteroatoms. The second-order valence-electron chi connectivity index (χ2n) is 16.7. The molecule has 0 heterocycles. The van der Waals surface area contributed by atoms with Crippen LogP contribution in [0.2, 0.25) is 0 Å². The van der Waals surface area contributed by atoms with E-state index in [0.717, 1.165) is 47.8 Å². The number of benzene rings is 1. The molecule has 1 aromatic carbocycles. The average molecular weight is 1110 g/mol. The fraction of sp³-hybridized carbons (Fsp3) is 0.708. The second kappa shape index (κ2) is 43.2. The van der Waals surface area contributed by atoms with Gasteiger partial charge < -0.3 is 67.4 Å². The van der Waals surface area contributed by atoms with Gasteiger partial charge in [0.1, 0.15) is 25.0 Å².